The topological polar surface area (TPSA) is 78.4 Å². The van der Waals surface area contributed by atoms with Crippen LogP contribution in [-0.2, 0) is 9.59 Å². The van der Waals surface area contributed by atoms with Crippen molar-refractivity contribution in [3.63, 3.8) is 0 Å². The van der Waals surface area contributed by atoms with Gasteiger partial charge in [0.15, 0.2) is 0 Å². The van der Waals surface area contributed by atoms with Crippen molar-refractivity contribution < 1.29 is 14.7 Å². The molecule has 0 saturated heterocycles. The molecular formula is C12H24N2O3. The van der Waals surface area contributed by atoms with E-state index in [0.29, 0.717) is 0 Å². The summed E-state index contributed by atoms with van der Waals surface area (Å²) < 4.78 is 0. The summed E-state index contributed by atoms with van der Waals surface area (Å²) in [6, 6.07) is 0. The Balaban J connectivity index is 3.86. The third-order valence-electron chi connectivity index (χ3n) is 2.37. The van der Waals surface area contributed by atoms with Gasteiger partial charge in [0.2, 0.25) is 11.8 Å². The normalized spacial score (nSPS) is 13.4. The van der Waals surface area contributed by atoms with Gasteiger partial charge in [0, 0.05) is 12.0 Å². The van der Waals surface area contributed by atoms with Crippen molar-refractivity contribution >= 4 is 11.8 Å². The maximum absolute atomic E-state index is 11.5. The third-order valence-corrected chi connectivity index (χ3v) is 2.37. The molecule has 5 heteroatoms. The second-order valence-electron chi connectivity index (χ2n) is 5.55. The molecule has 0 saturated carbocycles. The summed E-state index contributed by atoms with van der Waals surface area (Å²) in [6.07, 6.45) is -0.558. The zero-order valence-electron chi connectivity index (χ0n) is 11.3. The lowest BCUT2D eigenvalue weighted by Gasteiger charge is -2.18. The Morgan fingerprint density at radius 3 is 2.12 bits per heavy atom. The fourth-order valence-corrected chi connectivity index (χ4v) is 0.942. The molecule has 0 aliphatic carbocycles. The van der Waals surface area contributed by atoms with Gasteiger partial charge in [0.05, 0.1) is 12.6 Å². The molecular weight excluding hydrogens is 220 g/mol. The van der Waals surface area contributed by atoms with Crippen LogP contribution < -0.4 is 10.6 Å². The van der Waals surface area contributed by atoms with Crippen LogP contribution in [0.2, 0.25) is 0 Å². The molecule has 0 fully saturated rings. The van der Waals surface area contributed by atoms with Gasteiger partial charge >= 0.3 is 0 Å². The third kappa shape index (κ3) is 6.94. The largest absolute Gasteiger partial charge is 0.391 e. The van der Waals surface area contributed by atoms with Crippen molar-refractivity contribution in [3.8, 4) is 0 Å². The number of carbonyl (C=O) groups is 2. The molecule has 100 valence electrons. The van der Waals surface area contributed by atoms with E-state index in [9.17, 15) is 14.7 Å². The average Bonchev–Trinajstić information content (AvgIpc) is 2.20. The van der Waals surface area contributed by atoms with Crippen molar-refractivity contribution in [1.29, 1.82) is 0 Å². The summed E-state index contributed by atoms with van der Waals surface area (Å²) in [4.78, 5) is 22.8. The zero-order valence-corrected chi connectivity index (χ0v) is 11.3. The lowest BCUT2D eigenvalue weighted by molar-refractivity contribution is -0.131. The molecule has 0 aromatic carbocycles. The molecule has 0 bridgehead atoms. The van der Waals surface area contributed by atoms with Crippen molar-refractivity contribution in [3.05, 3.63) is 0 Å². The summed E-state index contributed by atoms with van der Waals surface area (Å²) in [7, 11) is 0. The fourth-order valence-electron chi connectivity index (χ4n) is 0.942. The van der Waals surface area contributed by atoms with E-state index in [1.165, 1.54) is 0 Å². The van der Waals surface area contributed by atoms with E-state index >= 15 is 0 Å². The van der Waals surface area contributed by atoms with Crippen LogP contribution in [0, 0.1) is 11.3 Å². The maximum atomic E-state index is 11.5. The van der Waals surface area contributed by atoms with Gasteiger partial charge in [0.1, 0.15) is 0 Å². The number of aliphatic hydroxyl groups excluding tert-OH is 1. The van der Waals surface area contributed by atoms with Crippen molar-refractivity contribution in [1.82, 2.24) is 10.6 Å². The van der Waals surface area contributed by atoms with E-state index in [0.717, 1.165) is 0 Å². The number of hydrogen-bond donors (Lipinski definition) is 3. The predicted molar refractivity (Wildman–Crippen MR) is 66.3 cm³/mol. The van der Waals surface area contributed by atoms with E-state index in [2.05, 4.69) is 10.6 Å². The number of aliphatic hydroxyl groups is 1. The average molecular weight is 244 g/mol. The summed E-state index contributed by atoms with van der Waals surface area (Å²) in [5.41, 5.74) is -0.502. The first-order valence-electron chi connectivity index (χ1n) is 5.87. The van der Waals surface area contributed by atoms with Gasteiger partial charge in [-0.2, -0.15) is 0 Å². The van der Waals surface area contributed by atoms with Gasteiger partial charge in [-0.3, -0.25) is 9.59 Å². The van der Waals surface area contributed by atoms with Gasteiger partial charge in [0.25, 0.3) is 0 Å². The number of carbonyl (C=O) groups excluding carboxylic acids is 2. The summed E-state index contributed by atoms with van der Waals surface area (Å²) in [6.45, 7) is 9.24. The number of hydrogen-bond acceptors (Lipinski definition) is 3. The molecule has 2 amide bonds. The Labute approximate surface area is 103 Å². The Morgan fingerprint density at radius 2 is 1.71 bits per heavy atom. The van der Waals surface area contributed by atoms with Gasteiger partial charge in [-0.15, -0.1) is 0 Å². The Morgan fingerprint density at radius 1 is 1.18 bits per heavy atom. The molecule has 0 unspecified atom stereocenters. The number of rotatable bonds is 5. The number of amides is 2. The molecule has 0 rings (SSSR count). The highest BCUT2D eigenvalue weighted by atomic mass is 16.3. The van der Waals surface area contributed by atoms with E-state index in [1.807, 2.05) is 13.8 Å². The molecule has 0 aromatic heterocycles. The highest BCUT2D eigenvalue weighted by molar-refractivity contribution is 5.87. The zero-order chi connectivity index (χ0) is 13.6. The van der Waals surface area contributed by atoms with E-state index < -0.39 is 11.5 Å². The number of nitrogens with one attached hydrogen (secondary N) is 2. The Bertz CT molecular complexity index is 269. The van der Waals surface area contributed by atoms with Crippen molar-refractivity contribution in [2.45, 2.75) is 40.7 Å². The van der Waals surface area contributed by atoms with Gasteiger partial charge in [-0.05, 0) is 5.92 Å². The molecule has 0 aliphatic heterocycles. The molecule has 3 N–H and O–H groups in total. The van der Waals surface area contributed by atoms with Crippen LogP contribution in [0.4, 0.5) is 0 Å². The fraction of sp³-hybridized carbons (Fsp3) is 0.833. The summed E-state index contributed by atoms with van der Waals surface area (Å²) >= 11 is 0. The maximum Gasteiger partial charge on any atom is 0.239 e. The Kier molecular flexibility index (Phi) is 6.16. The molecule has 1 atom stereocenters. The monoisotopic (exact) mass is 244 g/mol. The standard InChI is InChI=1S/C12H24N2O3/c1-8(2)9(15)6-13-10(16)7-14-11(17)12(3,4)5/h8-9,15H,6-7H2,1-5H3,(H,13,16)(H,14,17)/t9-/m1/s1. The summed E-state index contributed by atoms with van der Waals surface area (Å²) in [5.74, 6) is -0.362. The van der Waals surface area contributed by atoms with E-state index in [-0.39, 0.29) is 30.8 Å². The second kappa shape index (κ2) is 6.59. The van der Waals surface area contributed by atoms with Gasteiger partial charge in [-0.25, -0.2) is 0 Å². The van der Waals surface area contributed by atoms with Crippen molar-refractivity contribution in [2.24, 2.45) is 11.3 Å². The minimum atomic E-state index is -0.558. The minimum absolute atomic E-state index is 0.0546. The van der Waals surface area contributed by atoms with Crippen LogP contribution in [0.1, 0.15) is 34.6 Å². The lowest BCUT2D eigenvalue weighted by atomic mass is 9.96. The first-order valence-corrected chi connectivity index (χ1v) is 5.87. The van der Waals surface area contributed by atoms with Crippen LogP contribution in [-0.4, -0.2) is 36.1 Å². The molecule has 0 aromatic rings. The van der Waals surface area contributed by atoms with Gasteiger partial charge in [-0.1, -0.05) is 34.6 Å². The van der Waals surface area contributed by atoms with E-state index in [1.54, 1.807) is 20.8 Å². The molecule has 17 heavy (non-hydrogen) atoms. The first-order chi connectivity index (χ1) is 7.64. The highest BCUT2D eigenvalue weighted by Gasteiger charge is 2.21. The van der Waals surface area contributed by atoms with Crippen LogP contribution in [0.3, 0.4) is 0 Å². The van der Waals surface area contributed by atoms with Gasteiger partial charge < -0.3 is 15.7 Å². The Hall–Kier alpha value is -1.10. The molecule has 0 aliphatic rings. The van der Waals surface area contributed by atoms with Crippen LogP contribution >= 0.6 is 0 Å². The second-order valence-corrected chi connectivity index (χ2v) is 5.55. The predicted octanol–water partition coefficient (Wildman–Crippen LogP) is 0.282. The first kappa shape index (κ1) is 15.9. The van der Waals surface area contributed by atoms with Crippen LogP contribution in [0.15, 0.2) is 0 Å². The van der Waals surface area contributed by atoms with Crippen molar-refractivity contribution in [2.75, 3.05) is 13.1 Å². The SMILES string of the molecule is CC(C)[C@H](O)CNC(=O)CNC(=O)C(C)(C)C. The quantitative estimate of drug-likeness (QED) is 0.650. The molecule has 0 heterocycles. The van der Waals surface area contributed by atoms with Crippen LogP contribution in [0.5, 0.6) is 0 Å². The smallest absolute Gasteiger partial charge is 0.239 e. The van der Waals surface area contributed by atoms with Crippen LogP contribution in [0.25, 0.3) is 0 Å². The lowest BCUT2D eigenvalue weighted by Crippen LogP contribution is -2.43. The molecule has 5 nitrogen and oxygen atoms in total. The molecule has 0 radical (unpaired) electrons. The summed E-state index contributed by atoms with van der Waals surface area (Å²) in [5, 5.41) is 14.6. The minimum Gasteiger partial charge on any atom is -0.391 e. The van der Waals surface area contributed by atoms with E-state index in [4.69, 9.17) is 0 Å². The molecule has 0 spiro atoms. The highest BCUT2D eigenvalue weighted by Crippen LogP contribution is 2.11.